The van der Waals surface area contributed by atoms with Gasteiger partial charge in [-0.3, -0.25) is 0 Å². The Balaban J connectivity index is 0.00000128. The predicted molar refractivity (Wildman–Crippen MR) is 78.9 cm³/mol. The molecule has 2 rings (SSSR count). The van der Waals surface area contributed by atoms with Crippen LogP contribution in [-0.4, -0.2) is 29.1 Å². The molecular weight excluding hydrogens is 279 g/mol. The Bertz CT molecular complexity index is 333. The molecule has 0 aromatic heterocycles. The fourth-order valence-corrected chi connectivity index (χ4v) is 2.83. The molecule has 1 aliphatic heterocycles. The second kappa shape index (κ2) is 8.06. The Hall–Kier alpha value is -0.130. The first-order chi connectivity index (χ1) is 7.29. The van der Waals surface area contributed by atoms with Crippen molar-refractivity contribution in [2.24, 2.45) is 5.73 Å². The van der Waals surface area contributed by atoms with Crippen molar-refractivity contribution in [1.82, 2.24) is 0 Å². The van der Waals surface area contributed by atoms with Crippen LogP contribution in [0.5, 0.6) is 0 Å². The van der Waals surface area contributed by atoms with Gasteiger partial charge < -0.3 is 15.2 Å². The quantitative estimate of drug-likeness (QED) is 0.843. The molecule has 6 heteroatoms. The van der Waals surface area contributed by atoms with Crippen molar-refractivity contribution in [1.29, 1.82) is 0 Å². The van der Waals surface area contributed by atoms with Crippen LogP contribution in [0.2, 0.25) is 0 Å². The molecular formula is C11H18Cl2N2OS. The highest BCUT2D eigenvalue weighted by molar-refractivity contribution is 7.91. The lowest BCUT2D eigenvalue weighted by Crippen LogP contribution is -2.40. The van der Waals surface area contributed by atoms with Gasteiger partial charge in [0, 0.05) is 12.2 Å². The SMILES string of the molecule is Cl.Cl.NCc1cccc(N2CC[S+]([O-])CC2)c1. The summed E-state index contributed by atoms with van der Waals surface area (Å²) in [5, 5.41) is 0. The Kier molecular flexibility index (Phi) is 8.00. The molecule has 3 nitrogen and oxygen atoms in total. The largest absolute Gasteiger partial charge is 0.616 e. The number of benzene rings is 1. The van der Waals surface area contributed by atoms with Gasteiger partial charge in [0.05, 0.1) is 13.1 Å². The number of nitrogens with zero attached hydrogens (tertiary/aromatic N) is 1. The molecule has 0 unspecified atom stereocenters. The van der Waals surface area contributed by atoms with Gasteiger partial charge in [0.2, 0.25) is 0 Å². The number of rotatable bonds is 2. The van der Waals surface area contributed by atoms with Crippen molar-refractivity contribution < 1.29 is 4.55 Å². The van der Waals surface area contributed by atoms with E-state index in [9.17, 15) is 4.55 Å². The topological polar surface area (TPSA) is 52.3 Å². The highest BCUT2D eigenvalue weighted by Crippen LogP contribution is 2.18. The maximum Gasteiger partial charge on any atom is 0.123 e. The van der Waals surface area contributed by atoms with Gasteiger partial charge in [-0.05, 0) is 17.7 Å². The lowest BCUT2D eigenvalue weighted by molar-refractivity contribution is 0.586. The minimum atomic E-state index is -0.608. The summed E-state index contributed by atoms with van der Waals surface area (Å²) in [5.41, 5.74) is 7.96. The Morgan fingerprint density at radius 2 is 1.88 bits per heavy atom. The molecule has 2 N–H and O–H groups in total. The van der Waals surface area contributed by atoms with Crippen LogP contribution in [0.15, 0.2) is 24.3 Å². The first kappa shape index (κ1) is 16.9. The second-order valence-electron chi connectivity index (χ2n) is 3.71. The van der Waals surface area contributed by atoms with Gasteiger partial charge in [-0.2, -0.15) is 0 Å². The first-order valence-corrected chi connectivity index (χ1v) is 6.67. The molecule has 1 aromatic rings. The fraction of sp³-hybridized carbons (Fsp3) is 0.455. The molecule has 0 radical (unpaired) electrons. The maximum absolute atomic E-state index is 11.2. The molecule has 1 fully saturated rings. The summed E-state index contributed by atoms with van der Waals surface area (Å²) >= 11 is -0.608. The molecule has 1 heterocycles. The van der Waals surface area contributed by atoms with Crippen molar-refractivity contribution in [3.63, 3.8) is 0 Å². The number of nitrogens with two attached hydrogens (primary N) is 1. The third-order valence-corrected chi connectivity index (χ3v) is 3.96. The molecule has 0 spiro atoms. The zero-order valence-electron chi connectivity index (χ0n) is 9.50. The van der Waals surface area contributed by atoms with E-state index in [1.54, 1.807) is 0 Å². The highest BCUT2D eigenvalue weighted by Gasteiger charge is 2.19. The fourth-order valence-electron chi connectivity index (χ4n) is 1.78. The van der Waals surface area contributed by atoms with Crippen LogP contribution in [0.3, 0.4) is 0 Å². The first-order valence-electron chi connectivity index (χ1n) is 5.18. The summed E-state index contributed by atoms with van der Waals surface area (Å²) in [5.74, 6) is 1.57. The molecule has 0 amide bonds. The number of halogens is 2. The van der Waals surface area contributed by atoms with Gasteiger partial charge in [0.15, 0.2) is 0 Å². The van der Waals surface area contributed by atoms with E-state index < -0.39 is 11.2 Å². The molecule has 1 aliphatic rings. The number of anilines is 1. The van der Waals surface area contributed by atoms with E-state index in [1.807, 2.05) is 12.1 Å². The van der Waals surface area contributed by atoms with Crippen LogP contribution in [0.4, 0.5) is 5.69 Å². The van der Waals surface area contributed by atoms with Gasteiger partial charge in [0.25, 0.3) is 0 Å². The van der Waals surface area contributed by atoms with E-state index in [-0.39, 0.29) is 24.8 Å². The summed E-state index contributed by atoms with van der Waals surface area (Å²) in [7, 11) is 0. The van der Waals surface area contributed by atoms with Gasteiger partial charge in [-0.25, -0.2) is 0 Å². The molecule has 17 heavy (non-hydrogen) atoms. The highest BCUT2D eigenvalue weighted by atomic mass is 35.5. The molecule has 1 aromatic carbocycles. The normalized spacial score (nSPS) is 16.0. The second-order valence-corrected chi connectivity index (χ2v) is 5.41. The standard InChI is InChI=1S/C11H16N2OS.2ClH/c12-9-10-2-1-3-11(8-10)13-4-6-15(14)7-5-13;;/h1-3,8H,4-7,9,12H2;2*1H. The maximum atomic E-state index is 11.2. The Morgan fingerprint density at radius 3 is 2.47 bits per heavy atom. The minimum Gasteiger partial charge on any atom is -0.616 e. The van der Waals surface area contributed by atoms with Crippen LogP contribution in [-0.2, 0) is 17.7 Å². The zero-order valence-corrected chi connectivity index (χ0v) is 12.0. The molecule has 0 bridgehead atoms. The Morgan fingerprint density at radius 1 is 1.24 bits per heavy atom. The van der Waals surface area contributed by atoms with E-state index in [1.165, 1.54) is 5.69 Å². The van der Waals surface area contributed by atoms with Crippen molar-refractivity contribution >= 4 is 41.7 Å². The predicted octanol–water partition coefficient (Wildman–Crippen LogP) is 1.56. The lowest BCUT2D eigenvalue weighted by Gasteiger charge is -2.30. The van der Waals surface area contributed by atoms with E-state index in [4.69, 9.17) is 5.73 Å². The van der Waals surface area contributed by atoms with E-state index in [0.717, 1.165) is 30.2 Å². The van der Waals surface area contributed by atoms with Crippen LogP contribution in [0.25, 0.3) is 0 Å². The average molecular weight is 297 g/mol. The molecule has 0 atom stereocenters. The summed E-state index contributed by atoms with van der Waals surface area (Å²) < 4.78 is 11.2. The summed E-state index contributed by atoms with van der Waals surface area (Å²) in [6, 6.07) is 8.27. The molecule has 98 valence electrons. The minimum absolute atomic E-state index is 0. The van der Waals surface area contributed by atoms with E-state index in [2.05, 4.69) is 17.0 Å². The molecule has 1 saturated heterocycles. The van der Waals surface area contributed by atoms with Crippen LogP contribution >= 0.6 is 24.8 Å². The number of hydrogen-bond donors (Lipinski definition) is 1. The van der Waals surface area contributed by atoms with Gasteiger partial charge >= 0.3 is 0 Å². The van der Waals surface area contributed by atoms with Crippen molar-refractivity contribution in [3.8, 4) is 0 Å². The third kappa shape index (κ3) is 4.56. The lowest BCUT2D eigenvalue weighted by atomic mass is 10.2. The van der Waals surface area contributed by atoms with Crippen molar-refractivity contribution in [2.45, 2.75) is 6.54 Å². The van der Waals surface area contributed by atoms with E-state index >= 15 is 0 Å². The van der Waals surface area contributed by atoms with Gasteiger partial charge in [0.1, 0.15) is 11.5 Å². The monoisotopic (exact) mass is 296 g/mol. The van der Waals surface area contributed by atoms with Gasteiger partial charge in [-0.15, -0.1) is 24.8 Å². The van der Waals surface area contributed by atoms with E-state index in [0.29, 0.717) is 6.54 Å². The summed E-state index contributed by atoms with van der Waals surface area (Å²) in [4.78, 5) is 2.28. The van der Waals surface area contributed by atoms with Crippen LogP contribution in [0.1, 0.15) is 5.56 Å². The molecule has 0 aliphatic carbocycles. The summed E-state index contributed by atoms with van der Waals surface area (Å²) in [6.45, 7) is 2.36. The average Bonchev–Trinajstić information content (AvgIpc) is 2.30. The number of hydrogen-bond acceptors (Lipinski definition) is 3. The Labute approximate surface area is 118 Å². The van der Waals surface area contributed by atoms with Crippen molar-refractivity contribution in [3.05, 3.63) is 29.8 Å². The third-order valence-electron chi connectivity index (χ3n) is 2.69. The van der Waals surface area contributed by atoms with Gasteiger partial charge in [-0.1, -0.05) is 23.3 Å². The van der Waals surface area contributed by atoms with Crippen LogP contribution < -0.4 is 10.6 Å². The smallest absolute Gasteiger partial charge is 0.123 e. The van der Waals surface area contributed by atoms with Crippen LogP contribution in [0, 0.1) is 0 Å². The molecule has 0 saturated carbocycles. The zero-order chi connectivity index (χ0) is 10.7. The summed E-state index contributed by atoms with van der Waals surface area (Å²) in [6.07, 6.45) is 0. The van der Waals surface area contributed by atoms with Crippen molar-refractivity contribution in [2.75, 3.05) is 29.5 Å².